The predicted octanol–water partition coefficient (Wildman–Crippen LogP) is 14.2. The largest absolute Gasteiger partial charge is 0.378 e. The molecule has 4 aromatic carbocycles. The van der Waals surface area contributed by atoms with Crippen LogP contribution in [0.1, 0.15) is 180 Å². The van der Waals surface area contributed by atoms with Crippen molar-refractivity contribution in [1.82, 2.24) is 28.0 Å². The second-order valence-electron chi connectivity index (χ2n) is 24.9. The third-order valence-electron chi connectivity index (χ3n) is 20.3. The van der Waals surface area contributed by atoms with Gasteiger partial charge in [0.05, 0.1) is 37.8 Å². The zero-order valence-electron chi connectivity index (χ0n) is 49.6. The predicted molar refractivity (Wildman–Crippen MR) is 334 cm³/mol. The molecule has 13 heteroatoms. The number of fused-ring (bicyclic) bond motifs is 14. The van der Waals surface area contributed by atoms with Crippen LogP contribution in [-0.4, -0.2) is 110 Å². The molecule has 1 amide bonds. The first-order valence-corrected chi connectivity index (χ1v) is 32.5. The molecule has 4 aliphatic heterocycles. The molecule has 2 aromatic heterocycles. The van der Waals surface area contributed by atoms with E-state index < -0.39 is 16.1 Å². The van der Waals surface area contributed by atoms with E-state index in [4.69, 9.17) is 22.6 Å². The second kappa shape index (κ2) is 22.5. The number of allylic oxidation sites excluding steroid dienone is 2. The van der Waals surface area contributed by atoms with Crippen molar-refractivity contribution in [1.29, 1.82) is 0 Å². The normalized spacial score (nSPS) is 23.9. The van der Waals surface area contributed by atoms with E-state index >= 15 is 0 Å². The fraction of sp³-hybridized carbons (Fsp3) is 0.507. The summed E-state index contributed by atoms with van der Waals surface area (Å²) in [6, 6.07) is 28.4. The number of nitrogens with zero attached hydrogens (tertiary/aromatic N) is 5. The first-order valence-electron chi connectivity index (χ1n) is 31.1. The molecule has 0 radical (unpaired) electrons. The molecule has 438 valence electrons. The lowest BCUT2D eigenvalue weighted by Gasteiger charge is -2.35. The summed E-state index contributed by atoms with van der Waals surface area (Å²) in [6.07, 6.45) is 15.8. The van der Waals surface area contributed by atoms with Crippen LogP contribution >= 0.6 is 0 Å². The average molecular weight is 1130 g/mol. The smallest absolute Gasteiger partial charge is 0.303 e. The molecule has 4 aliphatic carbocycles. The number of hydrogen-bond acceptors (Lipinski definition) is 8. The monoisotopic (exact) mass is 1130 g/mol. The molecule has 8 aliphatic rings. The standard InChI is InChI=1S/C34H40N2O2.C33H40N4O4S.C2H6.2H2/c1-4-24-10-12-27-29(18-24)30-20-34(30,23(3)35-14-16-38-17-15-35)21-36-31-19-26(22(2)37)11-13-28(31)32(33(27)36)25-8-6-5-7-9-25;1-22(36-15-17-41-18-16-36)33-20-28(33)25-11-7-8-12-26(25)31-30(23-9-5-4-6-10-23)27-14-13-24(19-29(27)37(31)21-33)32(38)34-42(39,40)35(2)3;1-2;;/h10-13,18-19,25,30H,3-9,14-17,20-21H2,1-2H3;7-8,11-14,19,23,28H,1,4-6,9-10,15-18,20-21H2,2-3H3,(H,34,38);1-2H3;2*1H. The number of ketones is 1. The van der Waals surface area contributed by atoms with E-state index in [9.17, 15) is 18.0 Å². The maximum absolute atomic E-state index is 13.2. The Morgan fingerprint density at radius 1 is 0.646 bits per heavy atom. The van der Waals surface area contributed by atoms with Crippen molar-refractivity contribution in [2.24, 2.45) is 10.8 Å². The molecule has 12 nitrogen and oxygen atoms in total. The molecule has 82 heavy (non-hydrogen) atoms. The summed E-state index contributed by atoms with van der Waals surface area (Å²) in [6.45, 7) is 25.7. The zero-order valence-corrected chi connectivity index (χ0v) is 50.4. The highest BCUT2D eigenvalue weighted by Crippen LogP contribution is 2.70. The first kappa shape index (κ1) is 56.5. The van der Waals surface area contributed by atoms with E-state index in [1.54, 1.807) is 13.0 Å². The number of aryl methyl sites for hydroxylation is 1. The lowest BCUT2D eigenvalue weighted by atomic mass is 9.81. The maximum Gasteiger partial charge on any atom is 0.303 e. The highest BCUT2D eigenvalue weighted by atomic mass is 32.2. The Morgan fingerprint density at radius 2 is 1.12 bits per heavy atom. The minimum atomic E-state index is -3.91. The summed E-state index contributed by atoms with van der Waals surface area (Å²) < 4.78 is 44.6. The molecule has 6 fully saturated rings. The van der Waals surface area contributed by atoms with Gasteiger partial charge in [0.2, 0.25) is 0 Å². The van der Waals surface area contributed by atoms with E-state index in [-0.39, 0.29) is 19.5 Å². The van der Waals surface area contributed by atoms with Gasteiger partial charge < -0.3 is 28.4 Å². The van der Waals surface area contributed by atoms with Gasteiger partial charge in [-0.2, -0.15) is 12.7 Å². The number of morpholine rings is 2. The lowest BCUT2D eigenvalue weighted by Crippen LogP contribution is -2.39. The lowest BCUT2D eigenvalue weighted by molar-refractivity contribution is 0.0464. The highest BCUT2D eigenvalue weighted by Gasteiger charge is 2.62. The van der Waals surface area contributed by atoms with Crippen LogP contribution in [0.3, 0.4) is 0 Å². The maximum atomic E-state index is 13.2. The van der Waals surface area contributed by atoms with Crippen molar-refractivity contribution in [3.8, 4) is 22.5 Å². The van der Waals surface area contributed by atoms with Crippen molar-refractivity contribution < 1.29 is 30.3 Å². The summed E-state index contributed by atoms with van der Waals surface area (Å²) in [7, 11) is -1.09. The third kappa shape index (κ3) is 9.76. The molecule has 6 aromatic rings. The Kier molecular flexibility index (Phi) is 15.5. The Hall–Kier alpha value is -5.99. The van der Waals surface area contributed by atoms with Crippen LogP contribution in [0.15, 0.2) is 103 Å². The molecule has 2 saturated heterocycles. The fourth-order valence-electron chi connectivity index (χ4n) is 15.7. The average Bonchev–Trinajstić information content (AvgIpc) is 1.96. The molecule has 14 rings (SSSR count). The number of Topliss-reactive ketones (excluding diaryl/α,β-unsaturated/α-hetero) is 1. The van der Waals surface area contributed by atoms with E-state index in [1.807, 2.05) is 19.9 Å². The number of benzene rings is 4. The zero-order chi connectivity index (χ0) is 57.2. The molecular weight excluding hydrogens is 1040 g/mol. The van der Waals surface area contributed by atoms with Gasteiger partial charge in [-0.05, 0) is 122 Å². The number of hydrogen-bond donors (Lipinski definition) is 1. The van der Waals surface area contributed by atoms with E-state index in [0.29, 0.717) is 42.4 Å². The third-order valence-corrected chi connectivity index (χ3v) is 21.7. The number of rotatable bonds is 11. The Bertz CT molecular complexity index is 3600. The van der Waals surface area contributed by atoms with Gasteiger partial charge in [-0.3, -0.25) is 9.59 Å². The van der Waals surface area contributed by atoms with Gasteiger partial charge in [-0.15, -0.1) is 0 Å². The number of carbonyl (C=O) groups excluding carboxylic acids is 2. The number of aromatic nitrogens is 2. The van der Waals surface area contributed by atoms with Crippen LogP contribution in [0.25, 0.3) is 44.3 Å². The van der Waals surface area contributed by atoms with Gasteiger partial charge >= 0.3 is 10.2 Å². The minimum absolute atomic E-state index is 0. The second-order valence-corrected chi connectivity index (χ2v) is 26.8. The van der Waals surface area contributed by atoms with E-state index in [0.717, 1.165) is 100.0 Å². The number of ether oxygens (including phenoxy) is 2. The van der Waals surface area contributed by atoms with Crippen LogP contribution in [0.5, 0.6) is 0 Å². The number of amides is 1. The Labute approximate surface area is 490 Å². The van der Waals surface area contributed by atoms with E-state index in [1.165, 1.54) is 143 Å². The molecule has 4 saturated carbocycles. The molecule has 0 spiro atoms. The quantitative estimate of drug-likeness (QED) is 0.127. The van der Waals surface area contributed by atoms with Gasteiger partial charge in [-0.25, -0.2) is 4.72 Å². The summed E-state index contributed by atoms with van der Waals surface area (Å²) in [4.78, 5) is 30.7. The molecule has 6 heterocycles. The van der Waals surface area contributed by atoms with Gasteiger partial charge in [0, 0.05) is 123 Å². The molecule has 1 N–H and O–H groups in total. The topological polar surface area (TPSA) is 118 Å². The van der Waals surface area contributed by atoms with Crippen LogP contribution in [0.2, 0.25) is 0 Å². The van der Waals surface area contributed by atoms with Crippen molar-refractivity contribution in [2.45, 2.75) is 148 Å². The van der Waals surface area contributed by atoms with E-state index in [2.05, 4.69) is 97.3 Å². The summed E-state index contributed by atoms with van der Waals surface area (Å²) >= 11 is 0. The van der Waals surface area contributed by atoms with Crippen LogP contribution in [-0.2, 0) is 39.2 Å². The highest BCUT2D eigenvalue weighted by molar-refractivity contribution is 7.87. The summed E-state index contributed by atoms with van der Waals surface area (Å²) in [5.74, 6) is 1.43. The molecule has 4 atom stereocenters. The first-order chi connectivity index (χ1) is 39.7. The van der Waals surface area contributed by atoms with Crippen molar-refractivity contribution in [3.63, 3.8) is 0 Å². The van der Waals surface area contributed by atoms with Crippen molar-refractivity contribution in [3.05, 3.63) is 142 Å². The summed E-state index contributed by atoms with van der Waals surface area (Å²) in [5, 5.41) is 2.53. The van der Waals surface area contributed by atoms with Gasteiger partial charge in [0.1, 0.15) is 0 Å². The SMILES string of the molecule is C=C(N1CCOCC1)C12CC1c1cc(CC)ccc1-c1c(C3CCCCC3)c3ccc(C(C)=O)cc3n1C2.C=C(N1CCOCC1)C12CC1c1ccccc1-c1c(C3CCCCC3)c3ccc(C(=O)NS(=O)(=O)N(C)C)cc3n1C2.CC.[HH].[HH]. The van der Waals surface area contributed by atoms with Gasteiger partial charge in [-0.1, -0.05) is 133 Å². The van der Waals surface area contributed by atoms with Crippen LogP contribution < -0.4 is 4.72 Å². The molecule has 0 bridgehead atoms. The van der Waals surface area contributed by atoms with Crippen LogP contribution in [0, 0.1) is 10.8 Å². The number of nitrogens with one attached hydrogen (secondary N) is 1. The molecular formula is C69H90N6O6S. The van der Waals surface area contributed by atoms with Crippen molar-refractivity contribution in [2.75, 3.05) is 66.7 Å². The van der Waals surface area contributed by atoms with Gasteiger partial charge in [0.25, 0.3) is 5.91 Å². The Balaban J connectivity index is 0.000000179. The fourth-order valence-corrected chi connectivity index (χ4v) is 16.2. The summed E-state index contributed by atoms with van der Waals surface area (Å²) in [5.41, 5.74) is 18.4. The van der Waals surface area contributed by atoms with Crippen molar-refractivity contribution >= 4 is 43.7 Å². The minimum Gasteiger partial charge on any atom is -0.378 e. The Morgan fingerprint density at radius 3 is 1.62 bits per heavy atom. The van der Waals surface area contributed by atoms with Gasteiger partial charge in [0.15, 0.2) is 5.78 Å². The van der Waals surface area contributed by atoms with Crippen LogP contribution in [0.4, 0.5) is 0 Å². The number of carbonyl (C=O) groups is 2. The molecule has 4 unspecified atom stereocenters.